The predicted octanol–water partition coefficient (Wildman–Crippen LogP) is 0.919. The Balaban J connectivity index is 0.000000494. The minimum Gasteiger partial charge on any atom is -0.418 e. The van der Waals surface area contributed by atoms with E-state index in [0.29, 0.717) is 13.0 Å². The van der Waals surface area contributed by atoms with E-state index in [1.807, 2.05) is 27.9 Å². The third-order valence-electron chi connectivity index (χ3n) is 1.85. The molecule has 0 spiro atoms. The number of rotatable bonds is 5. The second-order valence-corrected chi connectivity index (χ2v) is 3.40. The van der Waals surface area contributed by atoms with Gasteiger partial charge in [-0.2, -0.15) is 0 Å². The van der Waals surface area contributed by atoms with Crippen molar-refractivity contribution >= 4 is 13.5 Å². The van der Waals surface area contributed by atoms with E-state index >= 15 is 0 Å². The number of aliphatic hydroxyl groups is 2. The topological polar surface area (TPSA) is 49.3 Å². The molecule has 0 bridgehead atoms. The molecule has 1 aromatic heterocycles. The lowest BCUT2D eigenvalue weighted by Crippen LogP contribution is -2.33. The first-order valence-corrected chi connectivity index (χ1v) is 5.11. The van der Waals surface area contributed by atoms with Crippen molar-refractivity contribution in [3.8, 4) is 0 Å². The van der Waals surface area contributed by atoms with E-state index in [1.54, 1.807) is 6.20 Å². The lowest BCUT2D eigenvalue weighted by Gasteiger charge is -2.03. The summed E-state index contributed by atoms with van der Waals surface area (Å²) in [6, 6.07) is 0. The van der Waals surface area contributed by atoms with Gasteiger partial charge in [-0.25, -0.2) is 9.13 Å². The van der Waals surface area contributed by atoms with Gasteiger partial charge in [0, 0.05) is 6.42 Å². The highest BCUT2D eigenvalue weighted by molar-refractivity contribution is 6.50. The van der Waals surface area contributed by atoms with Crippen LogP contribution in [0.5, 0.6) is 0 Å². The van der Waals surface area contributed by atoms with Crippen LogP contribution in [0.4, 0.5) is 17.3 Å². The molecule has 0 radical (unpaired) electrons. The Hall–Kier alpha value is -1.35. The molecule has 1 atom stereocenters. The highest BCUT2D eigenvalue weighted by Gasteiger charge is 2.20. The second-order valence-electron chi connectivity index (χ2n) is 3.40. The monoisotopic (exact) mass is 270 g/mol. The summed E-state index contributed by atoms with van der Waals surface area (Å²) in [4.78, 5) is 0. The van der Waals surface area contributed by atoms with Gasteiger partial charge in [-0.3, -0.25) is 0 Å². The lowest BCUT2D eigenvalue weighted by molar-refractivity contribution is -0.697. The molecular weight excluding hydrogens is 255 g/mol. The maximum Gasteiger partial charge on any atom is 0.673 e. The van der Waals surface area contributed by atoms with Gasteiger partial charge in [0.25, 0.3) is 0 Å². The van der Waals surface area contributed by atoms with Crippen molar-refractivity contribution in [3.05, 3.63) is 25.3 Å². The van der Waals surface area contributed by atoms with E-state index in [-0.39, 0.29) is 6.61 Å². The van der Waals surface area contributed by atoms with Crippen LogP contribution in [0.15, 0.2) is 25.3 Å². The summed E-state index contributed by atoms with van der Waals surface area (Å²) in [7, 11) is -6.00. The molecule has 0 fully saturated rings. The SMILES string of the molecule is C=Cn1cc[n+](CCC(O)CO)c1.F[B-](F)(F)F. The van der Waals surface area contributed by atoms with E-state index in [1.165, 1.54) is 0 Å². The third kappa shape index (κ3) is 9.85. The summed E-state index contributed by atoms with van der Waals surface area (Å²) < 4.78 is 42.8. The van der Waals surface area contributed by atoms with E-state index in [2.05, 4.69) is 6.58 Å². The Morgan fingerprint density at radius 2 is 1.94 bits per heavy atom. The molecule has 104 valence electrons. The number of imidazole rings is 1. The average molecular weight is 270 g/mol. The summed E-state index contributed by atoms with van der Waals surface area (Å²) in [6.45, 7) is 4.14. The van der Waals surface area contributed by atoms with Crippen molar-refractivity contribution < 1.29 is 32.0 Å². The zero-order valence-corrected chi connectivity index (χ0v) is 9.59. The summed E-state index contributed by atoms with van der Waals surface area (Å²) in [5, 5.41) is 17.7. The van der Waals surface area contributed by atoms with Gasteiger partial charge in [0.1, 0.15) is 12.4 Å². The molecule has 4 nitrogen and oxygen atoms in total. The summed E-state index contributed by atoms with van der Waals surface area (Å²) >= 11 is 0. The first-order chi connectivity index (χ1) is 8.26. The summed E-state index contributed by atoms with van der Waals surface area (Å²) in [5.74, 6) is 0. The van der Waals surface area contributed by atoms with E-state index in [0.717, 1.165) is 0 Å². The largest absolute Gasteiger partial charge is 0.673 e. The fraction of sp³-hybridized carbons (Fsp3) is 0.444. The van der Waals surface area contributed by atoms with Gasteiger partial charge in [0.15, 0.2) is 0 Å². The quantitative estimate of drug-likeness (QED) is 0.475. The summed E-state index contributed by atoms with van der Waals surface area (Å²) in [6.07, 6.45) is 7.27. The Morgan fingerprint density at radius 1 is 1.39 bits per heavy atom. The molecule has 0 aliphatic carbocycles. The molecule has 0 aromatic carbocycles. The van der Waals surface area contributed by atoms with Crippen LogP contribution in [0.25, 0.3) is 6.20 Å². The van der Waals surface area contributed by atoms with Crippen molar-refractivity contribution in [2.24, 2.45) is 0 Å². The zero-order valence-electron chi connectivity index (χ0n) is 9.59. The van der Waals surface area contributed by atoms with Crippen molar-refractivity contribution in [3.63, 3.8) is 0 Å². The smallest absolute Gasteiger partial charge is 0.418 e. The van der Waals surface area contributed by atoms with Crippen LogP contribution in [-0.2, 0) is 6.54 Å². The first-order valence-electron chi connectivity index (χ1n) is 5.11. The number of aliphatic hydroxyl groups excluding tert-OH is 2. The second kappa shape index (κ2) is 7.88. The predicted molar refractivity (Wildman–Crippen MR) is 58.9 cm³/mol. The maximum absolute atomic E-state index is 9.75. The van der Waals surface area contributed by atoms with E-state index < -0.39 is 13.4 Å². The van der Waals surface area contributed by atoms with Gasteiger partial charge in [-0.15, -0.1) is 0 Å². The van der Waals surface area contributed by atoms with Crippen LogP contribution >= 0.6 is 0 Å². The van der Waals surface area contributed by atoms with E-state index in [9.17, 15) is 17.3 Å². The van der Waals surface area contributed by atoms with Gasteiger partial charge in [0.05, 0.1) is 25.5 Å². The Kier molecular flexibility index (Phi) is 7.29. The summed E-state index contributed by atoms with van der Waals surface area (Å²) in [5.41, 5.74) is 0. The van der Waals surface area contributed by atoms with Crippen LogP contribution in [0.2, 0.25) is 0 Å². The molecule has 0 saturated carbocycles. The fourth-order valence-corrected chi connectivity index (χ4v) is 1.04. The van der Waals surface area contributed by atoms with Crippen LogP contribution in [-0.4, -0.2) is 34.7 Å². The first kappa shape index (κ1) is 16.7. The molecule has 0 aliphatic rings. The molecule has 9 heteroatoms. The number of nitrogens with zero attached hydrogens (tertiary/aromatic N) is 2. The molecule has 0 aliphatic heterocycles. The average Bonchev–Trinajstić information content (AvgIpc) is 2.71. The lowest BCUT2D eigenvalue weighted by atomic mass is 10.3. The molecule has 1 heterocycles. The third-order valence-corrected chi connectivity index (χ3v) is 1.85. The van der Waals surface area contributed by atoms with E-state index in [4.69, 9.17) is 10.2 Å². The van der Waals surface area contributed by atoms with Crippen molar-refractivity contribution in [1.82, 2.24) is 4.57 Å². The zero-order chi connectivity index (χ0) is 14.2. The van der Waals surface area contributed by atoms with Gasteiger partial charge in [-0.05, 0) is 0 Å². The number of aryl methyl sites for hydroxylation is 1. The van der Waals surface area contributed by atoms with Gasteiger partial charge in [0.2, 0.25) is 6.33 Å². The molecule has 1 rings (SSSR count). The van der Waals surface area contributed by atoms with Crippen LogP contribution < -0.4 is 4.57 Å². The van der Waals surface area contributed by atoms with Crippen molar-refractivity contribution in [2.75, 3.05) is 6.61 Å². The Bertz CT molecular complexity index is 351. The Labute approximate surface area is 102 Å². The number of hydrogen-bond acceptors (Lipinski definition) is 2. The molecule has 2 N–H and O–H groups in total. The van der Waals surface area contributed by atoms with Crippen molar-refractivity contribution in [1.29, 1.82) is 0 Å². The number of halogens is 4. The van der Waals surface area contributed by atoms with Crippen LogP contribution in [0.1, 0.15) is 6.42 Å². The van der Waals surface area contributed by atoms with Gasteiger partial charge in [-0.1, -0.05) is 6.58 Å². The Morgan fingerprint density at radius 3 is 2.33 bits per heavy atom. The fourth-order valence-electron chi connectivity index (χ4n) is 1.04. The van der Waals surface area contributed by atoms with Gasteiger partial charge < -0.3 is 27.5 Å². The highest BCUT2D eigenvalue weighted by Crippen LogP contribution is 2.06. The van der Waals surface area contributed by atoms with Crippen molar-refractivity contribution in [2.45, 2.75) is 19.1 Å². The minimum atomic E-state index is -6.00. The molecule has 1 unspecified atom stereocenters. The standard InChI is InChI=1S/C9H15N2O2.BF4/c1-2-10-5-6-11(8-10)4-3-9(13)7-12;2-1(3,4)5/h2,5-6,8-9,12-13H,1,3-4,7H2;/q+1;-1. The maximum atomic E-state index is 9.75. The molecular formula is C9H15BF4N2O2. The number of aromatic nitrogens is 2. The number of hydrogen-bond donors (Lipinski definition) is 2. The minimum absolute atomic E-state index is 0.178. The molecule has 0 amide bonds. The molecule has 18 heavy (non-hydrogen) atoms. The molecule has 0 saturated heterocycles. The molecule has 1 aromatic rings. The van der Waals surface area contributed by atoms with Crippen LogP contribution in [0.3, 0.4) is 0 Å². The van der Waals surface area contributed by atoms with Gasteiger partial charge >= 0.3 is 7.25 Å². The van der Waals surface area contributed by atoms with Crippen LogP contribution in [0, 0.1) is 0 Å². The normalized spacial score (nSPS) is 12.6. The highest BCUT2D eigenvalue weighted by atomic mass is 19.5.